The Bertz CT molecular complexity index is 572. The first-order valence-corrected chi connectivity index (χ1v) is 7.98. The minimum Gasteiger partial charge on any atom is -0.313 e. The molecule has 0 spiro atoms. The molecule has 1 heterocycles. The Morgan fingerprint density at radius 3 is 2.85 bits per heavy atom. The highest BCUT2D eigenvalue weighted by molar-refractivity contribution is 7.99. The summed E-state index contributed by atoms with van der Waals surface area (Å²) in [4.78, 5) is 5.68. The highest BCUT2D eigenvalue weighted by Gasteiger charge is 2.05. The molecule has 4 heteroatoms. The van der Waals surface area contributed by atoms with Gasteiger partial charge in [0.2, 0.25) is 0 Å². The Morgan fingerprint density at radius 2 is 2.15 bits per heavy atom. The summed E-state index contributed by atoms with van der Waals surface area (Å²) in [7, 11) is 0. The lowest BCUT2D eigenvalue weighted by Crippen LogP contribution is -2.14. The lowest BCUT2D eigenvalue weighted by atomic mass is 10.2. The molecular formula is C16H19ClN2S. The molecule has 2 nitrogen and oxygen atoms in total. The largest absolute Gasteiger partial charge is 0.313 e. The van der Waals surface area contributed by atoms with Crippen molar-refractivity contribution in [2.75, 3.05) is 6.54 Å². The Morgan fingerprint density at radius 1 is 1.30 bits per heavy atom. The molecule has 1 N–H and O–H groups in total. The number of pyridine rings is 1. The van der Waals surface area contributed by atoms with Gasteiger partial charge in [-0.25, -0.2) is 4.98 Å². The van der Waals surface area contributed by atoms with Crippen molar-refractivity contribution in [2.24, 2.45) is 0 Å². The number of nitrogens with zero attached hydrogens (tertiary/aromatic N) is 1. The van der Waals surface area contributed by atoms with E-state index in [0.29, 0.717) is 0 Å². The van der Waals surface area contributed by atoms with Gasteiger partial charge >= 0.3 is 0 Å². The second kappa shape index (κ2) is 7.67. The molecule has 0 amide bonds. The van der Waals surface area contributed by atoms with Gasteiger partial charge < -0.3 is 5.32 Å². The normalized spacial score (nSPS) is 10.8. The van der Waals surface area contributed by atoms with Crippen molar-refractivity contribution >= 4 is 23.4 Å². The van der Waals surface area contributed by atoms with Gasteiger partial charge in [0.05, 0.1) is 0 Å². The molecule has 1 aromatic heterocycles. The number of aryl methyl sites for hydroxylation is 1. The monoisotopic (exact) mass is 306 g/mol. The SMILES string of the molecule is CCCNCc1cnc(Sc2cccc(Cl)c2)c(C)c1. The second-order valence-electron chi connectivity index (χ2n) is 4.70. The summed E-state index contributed by atoms with van der Waals surface area (Å²) < 4.78 is 0. The van der Waals surface area contributed by atoms with Crippen LogP contribution in [0.15, 0.2) is 46.5 Å². The van der Waals surface area contributed by atoms with Gasteiger partial charge in [0, 0.05) is 22.7 Å². The zero-order valence-corrected chi connectivity index (χ0v) is 13.4. The van der Waals surface area contributed by atoms with Crippen LogP contribution in [0.25, 0.3) is 0 Å². The second-order valence-corrected chi connectivity index (χ2v) is 6.20. The standard InChI is InChI=1S/C16H19ClN2S/c1-3-7-18-10-13-8-12(2)16(19-11-13)20-15-6-4-5-14(17)9-15/h4-6,8-9,11,18H,3,7,10H2,1-2H3. The summed E-state index contributed by atoms with van der Waals surface area (Å²) in [6.45, 7) is 6.19. The van der Waals surface area contributed by atoms with Crippen LogP contribution in [-0.4, -0.2) is 11.5 Å². The highest BCUT2D eigenvalue weighted by Crippen LogP contribution is 2.30. The third-order valence-electron chi connectivity index (χ3n) is 2.85. The summed E-state index contributed by atoms with van der Waals surface area (Å²) in [6, 6.07) is 10.1. The first-order chi connectivity index (χ1) is 9.69. The number of aromatic nitrogens is 1. The molecule has 0 unspecified atom stereocenters. The molecule has 0 fully saturated rings. The van der Waals surface area contributed by atoms with Crippen molar-refractivity contribution < 1.29 is 0 Å². The van der Waals surface area contributed by atoms with Gasteiger partial charge in [0.25, 0.3) is 0 Å². The van der Waals surface area contributed by atoms with Crippen LogP contribution in [0.2, 0.25) is 5.02 Å². The minimum atomic E-state index is 0.757. The van der Waals surface area contributed by atoms with Gasteiger partial charge in [-0.05, 0) is 49.2 Å². The maximum absolute atomic E-state index is 6.01. The molecule has 0 saturated heterocycles. The smallest absolute Gasteiger partial charge is 0.104 e. The Hall–Kier alpha value is -1.03. The van der Waals surface area contributed by atoms with E-state index in [9.17, 15) is 0 Å². The van der Waals surface area contributed by atoms with Crippen LogP contribution in [0.1, 0.15) is 24.5 Å². The molecule has 2 aromatic rings. The lowest BCUT2D eigenvalue weighted by Gasteiger charge is -2.08. The van der Waals surface area contributed by atoms with E-state index in [0.717, 1.165) is 34.5 Å². The Kier molecular flexibility index (Phi) is 5.89. The molecule has 0 radical (unpaired) electrons. The number of hydrogen-bond donors (Lipinski definition) is 1. The van der Waals surface area contributed by atoms with Gasteiger partial charge in [-0.3, -0.25) is 0 Å². The molecule has 0 atom stereocenters. The molecule has 0 bridgehead atoms. The predicted molar refractivity (Wildman–Crippen MR) is 86.5 cm³/mol. The molecule has 2 rings (SSSR count). The zero-order valence-electron chi connectivity index (χ0n) is 11.8. The van der Waals surface area contributed by atoms with Crippen LogP contribution in [-0.2, 0) is 6.54 Å². The van der Waals surface area contributed by atoms with Crippen LogP contribution in [0.4, 0.5) is 0 Å². The first kappa shape index (κ1) is 15.4. The van der Waals surface area contributed by atoms with Crippen molar-refractivity contribution in [3.8, 4) is 0 Å². The van der Waals surface area contributed by atoms with E-state index < -0.39 is 0 Å². The van der Waals surface area contributed by atoms with Crippen molar-refractivity contribution in [3.63, 3.8) is 0 Å². The average Bonchev–Trinajstić information content (AvgIpc) is 2.42. The molecule has 20 heavy (non-hydrogen) atoms. The predicted octanol–water partition coefficient (Wildman–Crippen LogP) is 4.69. The van der Waals surface area contributed by atoms with Crippen molar-refractivity contribution in [2.45, 2.75) is 36.7 Å². The topological polar surface area (TPSA) is 24.9 Å². The molecule has 1 aromatic carbocycles. The summed E-state index contributed by atoms with van der Waals surface area (Å²) in [5.41, 5.74) is 2.43. The molecule has 0 aliphatic carbocycles. The number of hydrogen-bond acceptors (Lipinski definition) is 3. The van der Waals surface area contributed by atoms with E-state index in [4.69, 9.17) is 11.6 Å². The first-order valence-electron chi connectivity index (χ1n) is 6.78. The molecule has 106 valence electrons. The van der Waals surface area contributed by atoms with Crippen molar-refractivity contribution in [1.82, 2.24) is 10.3 Å². The fourth-order valence-electron chi connectivity index (χ4n) is 1.88. The van der Waals surface area contributed by atoms with E-state index >= 15 is 0 Å². The van der Waals surface area contributed by atoms with Crippen LogP contribution in [0.3, 0.4) is 0 Å². The minimum absolute atomic E-state index is 0.757. The fraction of sp³-hybridized carbons (Fsp3) is 0.312. The molecule has 0 aliphatic rings. The van der Waals surface area contributed by atoms with Crippen molar-refractivity contribution in [3.05, 3.63) is 52.7 Å². The third kappa shape index (κ3) is 4.51. The average molecular weight is 307 g/mol. The van der Waals surface area contributed by atoms with Crippen LogP contribution < -0.4 is 5.32 Å². The number of halogens is 1. The van der Waals surface area contributed by atoms with Gasteiger partial charge in [-0.1, -0.05) is 42.4 Å². The Balaban J connectivity index is 2.06. The van der Waals surface area contributed by atoms with E-state index in [1.165, 1.54) is 11.1 Å². The van der Waals surface area contributed by atoms with Crippen LogP contribution in [0.5, 0.6) is 0 Å². The summed E-state index contributed by atoms with van der Waals surface area (Å²) in [5.74, 6) is 0. The third-order valence-corrected chi connectivity index (χ3v) is 4.20. The van der Waals surface area contributed by atoms with Gasteiger partial charge in [0.15, 0.2) is 0 Å². The van der Waals surface area contributed by atoms with Gasteiger partial charge in [-0.15, -0.1) is 0 Å². The fourth-order valence-corrected chi connectivity index (χ4v) is 3.01. The number of rotatable bonds is 6. The number of benzene rings is 1. The maximum atomic E-state index is 6.01. The van der Waals surface area contributed by atoms with Gasteiger partial charge in [0.1, 0.15) is 5.03 Å². The molecule has 0 aliphatic heterocycles. The molecule has 0 saturated carbocycles. The maximum Gasteiger partial charge on any atom is 0.104 e. The zero-order chi connectivity index (χ0) is 14.4. The highest BCUT2D eigenvalue weighted by atomic mass is 35.5. The van der Waals surface area contributed by atoms with E-state index in [1.54, 1.807) is 11.8 Å². The summed E-state index contributed by atoms with van der Waals surface area (Å²) >= 11 is 7.65. The van der Waals surface area contributed by atoms with Crippen LogP contribution >= 0.6 is 23.4 Å². The summed E-state index contributed by atoms with van der Waals surface area (Å²) in [5, 5.41) is 5.18. The molecular weight excluding hydrogens is 288 g/mol. The van der Waals surface area contributed by atoms with E-state index in [2.05, 4.69) is 30.2 Å². The van der Waals surface area contributed by atoms with E-state index in [-0.39, 0.29) is 0 Å². The van der Waals surface area contributed by atoms with Crippen LogP contribution in [0, 0.1) is 6.92 Å². The summed E-state index contributed by atoms with van der Waals surface area (Å²) in [6.07, 6.45) is 3.09. The van der Waals surface area contributed by atoms with Crippen molar-refractivity contribution in [1.29, 1.82) is 0 Å². The number of nitrogens with one attached hydrogen (secondary N) is 1. The quantitative estimate of drug-likeness (QED) is 0.783. The lowest BCUT2D eigenvalue weighted by molar-refractivity contribution is 0.672. The van der Waals surface area contributed by atoms with E-state index in [1.807, 2.05) is 30.5 Å². The van der Waals surface area contributed by atoms with Gasteiger partial charge in [-0.2, -0.15) is 0 Å². The Labute approximate surface area is 130 Å².